The maximum atomic E-state index is 13.8. The van der Waals surface area contributed by atoms with Gasteiger partial charge >= 0.3 is 0 Å². The van der Waals surface area contributed by atoms with E-state index in [1.165, 1.54) is 0 Å². The second kappa shape index (κ2) is 6.52. The average Bonchev–Trinajstić information content (AvgIpc) is 3.38. The lowest BCUT2D eigenvalue weighted by atomic mass is 9.77. The molecule has 0 spiro atoms. The number of benzene rings is 2. The van der Waals surface area contributed by atoms with E-state index in [0.29, 0.717) is 17.9 Å². The SMILES string of the molecule is COc1ccc(C(=O)[C@@H]2[C@H]3C4COC(O4)C(=O)[C@H]3[C@H]3C=Cc4ccccc4N32)cc1. The van der Waals surface area contributed by atoms with E-state index in [1.807, 2.05) is 24.3 Å². The Labute approximate surface area is 174 Å². The maximum Gasteiger partial charge on any atom is 0.218 e. The summed E-state index contributed by atoms with van der Waals surface area (Å²) in [5.74, 6) is 0.0442. The normalized spacial score (nSPS) is 33.1. The van der Waals surface area contributed by atoms with Crippen molar-refractivity contribution in [2.75, 3.05) is 18.6 Å². The molecule has 4 aliphatic rings. The fraction of sp³-hybridized carbons (Fsp3) is 0.333. The quantitative estimate of drug-likeness (QED) is 0.735. The number of para-hydroxylation sites is 1. The standard InChI is InChI=1S/C24H21NO5/c1-28-15-9-6-14(7-10-15)22(26)21-20-18-12-29-24(30-18)23(27)19(20)17-11-8-13-4-2-3-5-16(13)25(17)21/h2-11,17-21,24H,12H2,1H3/t17-,18?,19+,20+,21+,24?/m1/s1. The Balaban J connectivity index is 1.49. The number of hydrogen-bond donors (Lipinski definition) is 0. The summed E-state index contributed by atoms with van der Waals surface area (Å²) < 4.78 is 16.7. The summed E-state index contributed by atoms with van der Waals surface area (Å²) >= 11 is 0. The summed E-state index contributed by atoms with van der Waals surface area (Å²) in [5, 5.41) is 0. The van der Waals surface area contributed by atoms with Gasteiger partial charge in [0.25, 0.3) is 0 Å². The molecular formula is C24H21NO5. The molecule has 0 aromatic heterocycles. The topological polar surface area (TPSA) is 65.1 Å². The van der Waals surface area contributed by atoms with Gasteiger partial charge in [-0.2, -0.15) is 0 Å². The molecule has 3 fully saturated rings. The monoisotopic (exact) mass is 403 g/mol. The third-order valence-electron chi connectivity index (χ3n) is 6.80. The molecule has 30 heavy (non-hydrogen) atoms. The van der Waals surface area contributed by atoms with Gasteiger partial charge in [0.1, 0.15) is 5.75 Å². The summed E-state index contributed by atoms with van der Waals surface area (Å²) in [6.07, 6.45) is 3.04. The van der Waals surface area contributed by atoms with Crippen LogP contribution < -0.4 is 9.64 Å². The molecule has 6 atom stereocenters. The van der Waals surface area contributed by atoms with Crippen LogP contribution in [0, 0.1) is 11.8 Å². The largest absolute Gasteiger partial charge is 0.497 e. The zero-order valence-electron chi connectivity index (χ0n) is 16.4. The minimum absolute atomic E-state index is 0.0120. The van der Waals surface area contributed by atoms with Crippen molar-refractivity contribution in [3.8, 4) is 5.75 Å². The number of ether oxygens (including phenoxy) is 3. The first-order chi connectivity index (χ1) is 14.7. The van der Waals surface area contributed by atoms with Crippen LogP contribution in [0.5, 0.6) is 5.75 Å². The van der Waals surface area contributed by atoms with E-state index in [4.69, 9.17) is 14.2 Å². The molecule has 6 rings (SSSR count). The lowest BCUT2D eigenvalue weighted by Gasteiger charge is -2.35. The van der Waals surface area contributed by atoms with Gasteiger partial charge in [0.15, 0.2) is 11.6 Å². The van der Waals surface area contributed by atoms with Crippen LogP contribution in [-0.4, -0.2) is 49.8 Å². The first-order valence-electron chi connectivity index (χ1n) is 10.2. The van der Waals surface area contributed by atoms with Crippen molar-refractivity contribution in [2.45, 2.75) is 24.5 Å². The molecule has 0 amide bonds. The molecule has 2 aromatic carbocycles. The molecule has 152 valence electrons. The summed E-state index contributed by atoms with van der Waals surface area (Å²) in [4.78, 5) is 29.2. The molecular weight excluding hydrogens is 382 g/mol. The Hall–Kier alpha value is -2.96. The van der Waals surface area contributed by atoms with Crippen LogP contribution in [0.15, 0.2) is 54.6 Å². The lowest BCUT2D eigenvalue weighted by Crippen LogP contribution is -2.48. The first kappa shape index (κ1) is 17.9. The zero-order valence-corrected chi connectivity index (χ0v) is 16.4. The van der Waals surface area contributed by atoms with Crippen molar-refractivity contribution in [3.63, 3.8) is 0 Å². The Morgan fingerprint density at radius 3 is 2.73 bits per heavy atom. The third-order valence-corrected chi connectivity index (χ3v) is 6.80. The smallest absolute Gasteiger partial charge is 0.218 e. The summed E-state index contributed by atoms with van der Waals surface area (Å²) in [7, 11) is 1.60. The van der Waals surface area contributed by atoms with Crippen LogP contribution in [0.3, 0.4) is 0 Å². The number of carbonyl (C=O) groups is 2. The fourth-order valence-electron chi connectivity index (χ4n) is 5.50. The molecule has 4 heterocycles. The van der Waals surface area contributed by atoms with Crippen LogP contribution >= 0.6 is 0 Å². The Kier molecular flexibility index (Phi) is 3.88. The van der Waals surface area contributed by atoms with Gasteiger partial charge in [-0.15, -0.1) is 0 Å². The van der Waals surface area contributed by atoms with Crippen molar-refractivity contribution >= 4 is 23.3 Å². The molecule has 6 heteroatoms. The van der Waals surface area contributed by atoms with Gasteiger partial charge in [-0.3, -0.25) is 9.59 Å². The summed E-state index contributed by atoms with van der Waals surface area (Å²) in [6.45, 7) is 0.343. The second-order valence-corrected chi connectivity index (χ2v) is 8.20. The van der Waals surface area contributed by atoms with Crippen molar-refractivity contribution in [2.24, 2.45) is 11.8 Å². The second-order valence-electron chi connectivity index (χ2n) is 8.20. The zero-order chi connectivity index (χ0) is 20.4. The van der Waals surface area contributed by atoms with Crippen molar-refractivity contribution < 1.29 is 23.8 Å². The van der Waals surface area contributed by atoms with Gasteiger partial charge in [0.2, 0.25) is 6.29 Å². The van der Waals surface area contributed by atoms with E-state index < -0.39 is 12.3 Å². The molecule has 0 radical (unpaired) electrons. The van der Waals surface area contributed by atoms with E-state index in [9.17, 15) is 9.59 Å². The molecule has 2 aromatic rings. The number of fused-ring (bicyclic) bond motifs is 8. The number of anilines is 1. The fourth-order valence-corrected chi connectivity index (χ4v) is 5.50. The van der Waals surface area contributed by atoms with E-state index in [2.05, 4.69) is 17.1 Å². The Morgan fingerprint density at radius 2 is 1.93 bits per heavy atom. The molecule has 0 aliphatic carbocycles. The molecule has 2 bridgehead atoms. The van der Waals surface area contributed by atoms with Crippen LogP contribution in [-0.2, 0) is 14.3 Å². The van der Waals surface area contributed by atoms with Gasteiger partial charge in [0.05, 0.1) is 37.8 Å². The Morgan fingerprint density at radius 1 is 1.13 bits per heavy atom. The van der Waals surface area contributed by atoms with Crippen molar-refractivity contribution in [1.29, 1.82) is 0 Å². The number of methoxy groups -OCH3 is 1. The molecule has 0 saturated carbocycles. The predicted octanol–water partition coefficient (Wildman–Crippen LogP) is 2.72. The number of carbonyl (C=O) groups excluding carboxylic acids is 2. The highest BCUT2D eigenvalue weighted by molar-refractivity contribution is 6.05. The molecule has 2 unspecified atom stereocenters. The minimum Gasteiger partial charge on any atom is -0.497 e. The van der Waals surface area contributed by atoms with Crippen LogP contribution in [0.2, 0.25) is 0 Å². The highest BCUT2D eigenvalue weighted by Crippen LogP contribution is 2.51. The molecule has 0 N–H and O–H groups in total. The minimum atomic E-state index is -0.807. The third kappa shape index (κ3) is 2.38. The maximum absolute atomic E-state index is 13.8. The van der Waals surface area contributed by atoms with Crippen molar-refractivity contribution in [1.82, 2.24) is 0 Å². The highest BCUT2D eigenvalue weighted by atomic mass is 16.7. The van der Waals surface area contributed by atoms with Gasteiger partial charge in [0, 0.05) is 17.2 Å². The van der Waals surface area contributed by atoms with E-state index in [0.717, 1.165) is 11.3 Å². The van der Waals surface area contributed by atoms with E-state index >= 15 is 0 Å². The van der Waals surface area contributed by atoms with Gasteiger partial charge in [-0.25, -0.2) is 0 Å². The van der Waals surface area contributed by atoms with Crippen LogP contribution in [0.25, 0.3) is 6.08 Å². The number of Topliss-reactive ketones (excluding diaryl/α,β-unsaturated/α-hetero) is 2. The number of rotatable bonds is 3. The number of ketones is 2. The van der Waals surface area contributed by atoms with E-state index in [1.54, 1.807) is 31.4 Å². The average molecular weight is 403 g/mol. The van der Waals surface area contributed by atoms with Crippen molar-refractivity contribution in [3.05, 3.63) is 65.7 Å². The van der Waals surface area contributed by atoms with Gasteiger partial charge in [-0.1, -0.05) is 30.4 Å². The number of nitrogens with zero attached hydrogens (tertiary/aromatic N) is 1. The van der Waals surface area contributed by atoms with Gasteiger partial charge in [-0.05, 0) is 35.9 Å². The molecule has 6 nitrogen and oxygen atoms in total. The molecule has 3 saturated heterocycles. The van der Waals surface area contributed by atoms with Gasteiger partial charge < -0.3 is 19.1 Å². The first-order valence-corrected chi connectivity index (χ1v) is 10.2. The molecule has 4 aliphatic heterocycles. The number of hydrogen-bond acceptors (Lipinski definition) is 6. The Bertz CT molecular complexity index is 1060. The summed E-state index contributed by atoms with van der Waals surface area (Å²) in [6, 6.07) is 14.5. The summed E-state index contributed by atoms with van der Waals surface area (Å²) in [5.41, 5.74) is 2.63. The predicted molar refractivity (Wildman–Crippen MR) is 109 cm³/mol. The van der Waals surface area contributed by atoms with E-state index in [-0.39, 0.29) is 35.5 Å². The lowest BCUT2D eigenvalue weighted by molar-refractivity contribution is -0.163. The van der Waals surface area contributed by atoms with Crippen LogP contribution in [0.1, 0.15) is 15.9 Å². The highest BCUT2D eigenvalue weighted by Gasteiger charge is 2.63. The van der Waals surface area contributed by atoms with Crippen LogP contribution in [0.4, 0.5) is 5.69 Å².